The number of esters is 1. The van der Waals surface area contributed by atoms with Crippen LogP contribution in [-0.4, -0.2) is 47.8 Å². The van der Waals surface area contributed by atoms with Gasteiger partial charge >= 0.3 is 5.97 Å². The first-order valence-corrected chi connectivity index (χ1v) is 6.13. The van der Waals surface area contributed by atoms with Crippen LogP contribution in [0.4, 0.5) is 0 Å². The number of aliphatic hydroxyl groups is 1. The lowest BCUT2D eigenvalue weighted by Gasteiger charge is -2.32. The van der Waals surface area contributed by atoms with Crippen LogP contribution in [-0.2, 0) is 9.53 Å². The minimum atomic E-state index is -0.433. The summed E-state index contributed by atoms with van der Waals surface area (Å²) in [7, 11) is 1.39. The molecule has 98 valence electrons. The van der Waals surface area contributed by atoms with E-state index in [0.717, 1.165) is 6.42 Å². The van der Waals surface area contributed by atoms with Gasteiger partial charge in [0, 0.05) is 19.0 Å². The van der Waals surface area contributed by atoms with Crippen molar-refractivity contribution in [2.24, 2.45) is 5.92 Å². The highest BCUT2D eigenvalue weighted by Crippen LogP contribution is 2.26. The number of ether oxygens (including phenoxy) is 1. The van der Waals surface area contributed by atoms with Gasteiger partial charge in [-0.2, -0.15) is 0 Å². The van der Waals surface area contributed by atoms with Gasteiger partial charge in [0.1, 0.15) is 6.04 Å². The van der Waals surface area contributed by atoms with Gasteiger partial charge in [-0.25, -0.2) is 0 Å². The Labute approximate surface area is 103 Å². The number of hydrogen-bond donors (Lipinski definition) is 1. The number of aliphatic hydroxyl groups excluding tert-OH is 1. The molecule has 4 heteroatoms. The molecule has 0 aromatic carbocycles. The van der Waals surface area contributed by atoms with E-state index in [4.69, 9.17) is 4.74 Å². The lowest BCUT2D eigenvalue weighted by molar-refractivity contribution is -0.146. The molecule has 1 N–H and O–H groups in total. The maximum absolute atomic E-state index is 11.7. The van der Waals surface area contributed by atoms with E-state index in [1.54, 1.807) is 0 Å². The van der Waals surface area contributed by atoms with Crippen molar-refractivity contribution in [3.05, 3.63) is 12.7 Å². The summed E-state index contributed by atoms with van der Waals surface area (Å²) in [6, 6.07) is -0.0773. The molecular formula is C13H23NO3. The van der Waals surface area contributed by atoms with Crippen molar-refractivity contribution in [1.82, 2.24) is 4.90 Å². The zero-order chi connectivity index (χ0) is 13.0. The predicted octanol–water partition coefficient (Wildman–Crippen LogP) is 1.20. The maximum atomic E-state index is 11.7. The fraction of sp³-hybridized carbons (Fsp3) is 0.769. The molecule has 0 aromatic rings. The summed E-state index contributed by atoms with van der Waals surface area (Å²) in [4.78, 5) is 13.7. The van der Waals surface area contributed by atoms with Crippen LogP contribution < -0.4 is 0 Å². The molecule has 1 heterocycles. The zero-order valence-electron chi connectivity index (χ0n) is 10.9. The largest absolute Gasteiger partial charge is 0.468 e. The van der Waals surface area contributed by atoms with Crippen molar-refractivity contribution < 1.29 is 14.6 Å². The SMILES string of the molecule is C=CC[C@H](C)[C@H](C)N1C[C@H](O)C[C@H]1C(=O)OC. The Balaban J connectivity index is 2.72. The van der Waals surface area contributed by atoms with Gasteiger partial charge in [0.05, 0.1) is 13.2 Å². The number of carbonyl (C=O) groups excluding carboxylic acids is 1. The maximum Gasteiger partial charge on any atom is 0.323 e. The van der Waals surface area contributed by atoms with Crippen molar-refractivity contribution in [2.45, 2.75) is 44.9 Å². The van der Waals surface area contributed by atoms with E-state index >= 15 is 0 Å². The minimum Gasteiger partial charge on any atom is -0.468 e. The highest BCUT2D eigenvalue weighted by Gasteiger charge is 2.40. The third-order valence-electron chi connectivity index (χ3n) is 3.68. The Morgan fingerprint density at radius 3 is 2.82 bits per heavy atom. The summed E-state index contributed by atoms with van der Waals surface area (Å²) in [5, 5.41) is 9.71. The molecule has 0 saturated carbocycles. The third-order valence-corrected chi connectivity index (χ3v) is 3.68. The van der Waals surface area contributed by atoms with Gasteiger partial charge in [0.25, 0.3) is 0 Å². The summed E-state index contributed by atoms with van der Waals surface area (Å²) in [5.74, 6) is 0.157. The van der Waals surface area contributed by atoms with Crippen LogP contribution >= 0.6 is 0 Å². The molecule has 0 bridgehead atoms. The molecule has 1 aliphatic rings. The fourth-order valence-corrected chi connectivity index (χ4v) is 2.44. The first kappa shape index (κ1) is 14.2. The molecule has 4 atom stereocenters. The topological polar surface area (TPSA) is 49.8 Å². The van der Waals surface area contributed by atoms with Crippen molar-refractivity contribution >= 4 is 5.97 Å². The number of hydrogen-bond acceptors (Lipinski definition) is 4. The monoisotopic (exact) mass is 241 g/mol. The molecular weight excluding hydrogens is 218 g/mol. The van der Waals surface area contributed by atoms with Gasteiger partial charge in [0.15, 0.2) is 0 Å². The molecule has 0 spiro atoms. The third kappa shape index (κ3) is 3.30. The smallest absolute Gasteiger partial charge is 0.323 e. The molecule has 4 nitrogen and oxygen atoms in total. The van der Waals surface area contributed by atoms with Crippen LogP contribution in [0.1, 0.15) is 26.7 Å². The van der Waals surface area contributed by atoms with Gasteiger partial charge < -0.3 is 9.84 Å². The van der Waals surface area contributed by atoms with Crippen LogP contribution in [0, 0.1) is 5.92 Å². The van der Waals surface area contributed by atoms with Crippen LogP contribution in [0.5, 0.6) is 0 Å². The van der Waals surface area contributed by atoms with Crippen LogP contribution in [0.2, 0.25) is 0 Å². The number of β-amino-alcohol motifs (C(OH)–C–C–N with tert-alkyl or cyclic N) is 1. The summed E-state index contributed by atoms with van der Waals surface area (Å²) >= 11 is 0. The van der Waals surface area contributed by atoms with E-state index in [2.05, 4.69) is 20.4 Å². The van der Waals surface area contributed by atoms with Gasteiger partial charge in [-0.3, -0.25) is 9.69 Å². The van der Waals surface area contributed by atoms with Crippen LogP contribution in [0.25, 0.3) is 0 Å². The highest BCUT2D eigenvalue weighted by molar-refractivity contribution is 5.76. The van der Waals surface area contributed by atoms with E-state index in [0.29, 0.717) is 18.9 Å². The molecule has 1 saturated heterocycles. The quantitative estimate of drug-likeness (QED) is 0.580. The summed E-state index contributed by atoms with van der Waals surface area (Å²) in [6.45, 7) is 8.50. The first-order chi connectivity index (χ1) is 8.01. The second-order valence-corrected chi connectivity index (χ2v) is 4.87. The minimum absolute atomic E-state index is 0.231. The lowest BCUT2D eigenvalue weighted by Crippen LogP contribution is -2.45. The summed E-state index contributed by atoms with van der Waals surface area (Å²) in [5.41, 5.74) is 0. The Kier molecular flexibility index (Phi) is 5.15. The van der Waals surface area contributed by atoms with Gasteiger partial charge in [-0.15, -0.1) is 6.58 Å². The molecule has 0 radical (unpaired) electrons. The average molecular weight is 241 g/mol. The molecule has 0 aromatic heterocycles. The number of nitrogens with zero attached hydrogens (tertiary/aromatic N) is 1. The molecule has 1 fully saturated rings. The van der Waals surface area contributed by atoms with Crippen molar-refractivity contribution in [3.8, 4) is 0 Å². The molecule has 0 unspecified atom stereocenters. The molecule has 17 heavy (non-hydrogen) atoms. The molecule has 0 amide bonds. The number of allylic oxidation sites excluding steroid dienone is 1. The van der Waals surface area contributed by atoms with E-state index in [1.807, 2.05) is 11.0 Å². The van der Waals surface area contributed by atoms with Crippen molar-refractivity contribution in [2.75, 3.05) is 13.7 Å². The fourth-order valence-electron chi connectivity index (χ4n) is 2.44. The number of carbonyl (C=O) groups is 1. The Hall–Kier alpha value is -0.870. The van der Waals surface area contributed by atoms with E-state index in [-0.39, 0.29) is 18.1 Å². The summed E-state index contributed by atoms with van der Waals surface area (Å²) in [6.07, 6.45) is 2.83. The first-order valence-electron chi connectivity index (χ1n) is 6.13. The van der Waals surface area contributed by atoms with Crippen LogP contribution in [0.15, 0.2) is 12.7 Å². The van der Waals surface area contributed by atoms with Gasteiger partial charge in [0.2, 0.25) is 0 Å². The predicted molar refractivity (Wildman–Crippen MR) is 66.6 cm³/mol. The van der Waals surface area contributed by atoms with Crippen LogP contribution in [0.3, 0.4) is 0 Å². The number of likely N-dealkylation sites (tertiary alicyclic amines) is 1. The van der Waals surface area contributed by atoms with Gasteiger partial charge in [-0.1, -0.05) is 13.0 Å². The molecule has 1 rings (SSSR count). The van der Waals surface area contributed by atoms with Gasteiger partial charge in [-0.05, 0) is 19.3 Å². The number of rotatable bonds is 5. The standard InChI is InChI=1S/C13H23NO3/c1-5-6-9(2)10(3)14-8-11(15)7-12(14)13(16)17-4/h5,9-12,15H,1,6-8H2,2-4H3/t9-,10-,11+,12-/m0/s1. The number of methoxy groups -OCH3 is 1. The molecule has 0 aliphatic carbocycles. The second-order valence-electron chi connectivity index (χ2n) is 4.87. The Morgan fingerprint density at radius 1 is 1.65 bits per heavy atom. The molecule has 1 aliphatic heterocycles. The normalized spacial score (nSPS) is 28.7. The Bertz CT molecular complexity index is 280. The Morgan fingerprint density at radius 2 is 2.29 bits per heavy atom. The van der Waals surface area contributed by atoms with E-state index < -0.39 is 6.10 Å². The van der Waals surface area contributed by atoms with E-state index in [9.17, 15) is 9.90 Å². The second kappa shape index (κ2) is 6.17. The van der Waals surface area contributed by atoms with Crippen molar-refractivity contribution in [3.63, 3.8) is 0 Å². The highest BCUT2D eigenvalue weighted by atomic mass is 16.5. The lowest BCUT2D eigenvalue weighted by atomic mass is 9.98. The average Bonchev–Trinajstić information content (AvgIpc) is 2.69. The zero-order valence-corrected chi connectivity index (χ0v) is 10.9. The van der Waals surface area contributed by atoms with Crippen molar-refractivity contribution in [1.29, 1.82) is 0 Å². The van der Waals surface area contributed by atoms with E-state index in [1.165, 1.54) is 7.11 Å². The summed E-state index contributed by atoms with van der Waals surface area (Å²) < 4.78 is 4.79.